The Morgan fingerprint density at radius 2 is 1.23 bits per heavy atom. The number of nitrogens with one attached hydrogen (secondary N) is 5. The van der Waals surface area contributed by atoms with Crippen LogP contribution in [0.25, 0.3) is 0 Å². The molecule has 0 unspecified atom stereocenters. The van der Waals surface area contributed by atoms with Crippen LogP contribution in [0, 0.1) is 11.8 Å². The molecule has 1 aromatic rings. The third-order valence-corrected chi connectivity index (χ3v) is 8.92. The van der Waals surface area contributed by atoms with Crippen LogP contribution in [0.2, 0.25) is 0 Å². The van der Waals surface area contributed by atoms with E-state index in [-0.39, 0.29) is 43.3 Å². The second-order valence-corrected chi connectivity index (χ2v) is 15.1. The molecule has 12 N–H and O–H groups in total. The fourth-order valence-electron chi connectivity index (χ4n) is 5.39. The Labute approximate surface area is 316 Å². The monoisotopic (exact) mass is 767 g/mol. The smallest absolute Gasteiger partial charge is 0.326 e. The molecule has 17 heteroatoms. The summed E-state index contributed by atoms with van der Waals surface area (Å²) in [6, 6.07) is -1.31. The van der Waals surface area contributed by atoms with Crippen LogP contribution in [-0.2, 0) is 35.2 Å². The molecule has 7 atom stereocenters. The van der Waals surface area contributed by atoms with Crippen LogP contribution in [0.3, 0.4) is 0 Å². The van der Waals surface area contributed by atoms with Gasteiger partial charge in [-0.3, -0.25) is 24.0 Å². The van der Waals surface area contributed by atoms with E-state index in [1.54, 1.807) is 26.0 Å². The molecule has 5 amide bonds. The summed E-state index contributed by atoms with van der Waals surface area (Å²) in [4.78, 5) is 79.1. The van der Waals surface area contributed by atoms with Gasteiger partial charge in [0.2, 0.25) is 29.5 Å². The number of phenols is 1. The average molecular weight is 768 g/mol. The molecule has 0 fully saturated rings. The molecule has 1 aromatic carbocycles. The van der Waals surface area contributed by atoms with E-state index in [2.05, 4.69) is 26.6 Å². The highest BCUT2D eigenvalue weighted by molar-refractivity contribution is 7.98. The molecule has 0 heterocycles. The molecule has 0 aliphatic carbocycles. The molecule has 0 aromatic heterocycles. The molecule has 0 spiro atoms. The van der Waals surface area contributed by atoms with Crippen LogP contribution < -0.4 is 38.1 Å². The van der Waals surface area contributed by atoms with Gasteiger partial charge in [-0.1, -0.05) is 39.8 Å². The number of carbonyl (C=O) groups excluding carboxylic acids is 5. The Balaban J connectivity index is 3.33. The summed E-state index contributed by atoms with van der Waals surface area (Å²) < 4.78 is 0. The van der Waals surface area contributed by atoms with Crippen molar-refractivity contribution in [3.8, 4) is 5.75 Å². The number of rotatable bonds is 25. The van der Waals surface area contributed by atoms with E-state index in [1.165, 1.54) is 30.8 Å². The van der Waals surface area contributed by atoms with Gasteiger partial charge in [0.1, 0.15) is 36.0 Å². The van der Waals surface area contributed by atoms with Gasteiger partial charge in [-0.15, -0.1) is 0 Å². The summed E-state index contributed by atoms with van der Waals surface area (Å²) in [5, 5.41) is 43.0. The van der Waals surface area contributed by atoms with E-state index in [4.69, 9.17) is 11.5 Å². The number of carboxylic acid groups (broad SMARTS) is 1. The minimum atomic E-state index is -1.59. The lowest BCUT2D eigenvalue weighted by molar-refractivity contribution is -0.142. The van der Waals surface area contributed by atoms with Gasteiger partial charge in [0.15, 0.2) is 0 Å². The first-order chi connectivity index (χ1) is 24.9. The zero-order valence-corrected chi connectivity index (χ0v) is 32.5. The fraction of sp³-hybridized carbons (Fsp3) is 0.667. The molecule has 1 rings (SSSR count). The minimum Gasteiger partial charge on any atom is -0.508 e. The molecule has 0 saturated carbocycles. The number of nitrogens with two attached hydrogens (primary N) is 2. The van der Waals surface area contributed by atoms with Crippen LogP contribution in [0.4, 0.5) is 0 Å². The maximum absolute atomic E-state index is 13.9. The molecule has 53 heavy (non-hydrogen) atoms. The first-order valence-corrected chi connectivity index (χ1v) is 19.4. The largest absolute Gasteiger partial charge is 0.508 e. The van der Waals surface area contributed by atoms with E-state index < -0.39 is 77.9 Å². The molecule has 300 valence electrons. The number of carbonyl (C=O) groups is 6. The van der Waals surface area contributed by atoms with Crippen molar-refractivity contribution in [1.29, 1.82) is 0 Å². The van der Waals surface area contributed by atoms with Gasteiger partial charge < -0.3 is 53.4 Å². The van der Waals surface area contributed by atoms with Gasteiger partial charge in [-0.2, -0.15) is 11.8 Å². The number of unbranched alkanes of at least 4 members (excludes halogenated alkanes) is 1. The molecular formula is C36H61N7O9S. The Hall–Kier alpha value is -3.93. The van der Waals surface area contributed by atoms with E-state index >= 15 is 0 Å². The van der Waals surface area contributed by atoms with Crippen LogP contribution in [0.5, 0.6) is 5.75 Å². The standard InChI is InChI=1S/C36H61N7O9S/c1-20(2)17-25(38)31(46)39-26(14-16-53-6)32(47)41-29(19-23-10-12-24(45)13-11-23)34(49)43-30(22(5)44)35(50)42-28(18-21(3)4)33(48)40-27(36(51)52)9-7-8-15-37/h10-13,20-22,25-30,44-45H,7-9,14-19,37-38H2,1-6H3,(H,39,46)(H,40,48)(H,41,47)(H,42,50)(H,43,49)(H,51,52)/t22-,25+,26+,27+,28+,29+,30+/m1/s1. The van der Waals surface area contributed by atoms with Crippen molar-refractivity contribution in [2.75, 3.05) is 18.6 Å². The second kappa shape index (κ2) is 24.4. The summed E-state index contributed by atoms with van der Waals surface area (Å²) in [5.41, 5.74) is 12.1. The number of thioether (sulfide) groups is 1. The first kappa shape index (κ1) is 47.1. The van der Waals surface area contributed by atoms with E-state index in [0.717, 1.165) is 0 Å². The van der Waals surface area contributed by atoms with E-state index in [1.807, 2.05) is 20.1 Å². The van der Waals surface area contributed by atoms with Crippen molar-refractivity contribution in [3.05, 3.63) is 29.8 Å². The number of aliphatic hydroxyl groups is 1. The summed E-state index contributed by atoms with van der Waals surface area (Å²) in [5.74, 6) is -4.44. The summed E-state index contributed by atoms with van der Waals surface area (Å²) in [6.07, 6.45) is 2.18. The summed E-state index contributed by atoms with van der Waals surface area (Å²) in [7, 11) is 0. The fourth-order valence-corrected chi connectivity index (χ4v) is 5.86. The van der Waals surface area contributed by atoms with E-state index in [0.29, 0.717) is 37.1 Å². The molecule has 0 aliphatic heterocycles. The van der Waals surface area contributed by atoms with Crippen molar-refractivity contribution in [2.45, 2.75) is 122 Å². The highest BCUT2D eigenvalue weighted by Gasteiger charge is 2.35. The number of aromatic hydroxyl groups is 1. The Morgan fingerprint density at radius 1 is 0.698 bits per heavy atom. The van der Waals surface area contributed by atoms with Gasteiger partial charge >= 0.3 is 5.97 Å². The highest BCUT2D eigenvalue weighted by atomic mass is 32.2. The number of amides is 5. The van der Waals surface area contributed by atoms with Crippen molar-refractivity contribution < 1.29 is 44.1 Å². The summed E-state index contributed by atoms with van der Waals surface area (Å²) >= 11 is 1.46. The number of hydrogen-bond acceptors (Lipinski definition) is 11. The molecule has 0 saturated heterocycles. The van der Waals surface area contributed by atoms with Crippen LogP contribution in [0.1, 0.15) is 78.7 Å². The van der Waals surface area contributed by atoms with Gasteiger partial charge in [0.05, 0.1) is 12.1 Å². The third kappa shape index (κ3) is 18.1. The third-order valence-electron chi connectivity index (χ3n) is 8.28. The topological polar surface area (TPSA) is 275 Å². The van der Waals surface area contributed by atoms with Gasteiger partial charge in [0.25, 0.3) is 0 Å². The van der Waals surface area contributed by atoms with Crippen molar-refractivity contribution in [1.82, 2.24) is 26.6 Å². The molecule has 0 radical (unpaired) electrons. The normalized spacial score (nSPS) is 15.3. The number of benzene rings is 1. The lowest BCUT2D eigenvalue weighted by atomic mass is 10.0. The van der Waals surface area contributed by atoms with Crippen LogP contribution >= 0.6 is 11.8 Å². The van der Waals surface area contributed by atoms with Gasteiger partial charge in [-0.25, -0.2) is 4.79 Å². The maximum Gasteiger partial charge on any atom is 0.326 e. The summed E-state index contributed by atoms with van der Waals surface area (Å²) in [6.45, 7) is 9.07. The molecule has 16 nitrogen and oxygen atoms in total. The van der Waals surface area contributed by atoms with Crippen LogP contribution in [-0.4, -0.2) is 112 Å². The second-order valence-electron chi connectivity index (χ2n) is 14.1. The maximum atomic E-state index is 13.9. The Morgan fingerprint density at radius 3 is 1.75 bits per heavy atom. The molecule has 0 aliphatic rings. The van der Waals surface area contributed by atoms with Crippen molar-refractivity contribution >= 4 is 47.3 Å². The Kier molecular flexibility index (Phi) is 21.7. The number of aliphatic carboxylic acids is 1. The predicted octanol–water partition coefficient (Wildman–Crippen LogP) is 0.126. The molecular weight excluding hydrogens is 707 g/mol. The van der Waals surface area contributed by atoms with E-state index in [9.17, 15) is 44.1 Å². The minimum absolute atomic E-state index is 0.0209. The highest BCUT2D eigenvalue weighted by Crippen LogP contribution is 2.14. The molecule has 0 bridgehead atoms. The zero-order valence-electron chi connectivity index (χ0n) is 31.7. The van der Waals surface area contributed by atoms with Crippen molar-refractivity contribution in [2.24, 2.45) is 23.3 Å². The predicted molar refractivity (Wildman–Crippen MR) is 204 cm³/mol. The number of aliphatic hydroxyl groups excluding tert-OH is 1. The first-order valence-electron chi connectivity index (χ1n) is 18.0. The number of phenolic OH excluding ortho intramolecular Hbond substituents is 1. The van der Waals surface area contributed by atoms with Crippen LogP contribution in [0.15, 0.2) is 24.3 Å². The lowest BCUT2D eigenvalue weighted by Crippen LogP contribution is -2.61. The van der Waals surface area contributed by atoms with Gasteiger partial charge in [-0.05, 0) is 93.5 Å². The lowest BCUT2D eigenvalue weighted by Gasteiger charge is -2.28. The zero-order chi connectivity index (χ0) is 40.2. The Bertz CT molecular complexity index is 1330. The van der Waals surface area contributed by atoms with Crippen molar-refractivity contribution in [3.63, 3.8) is 0 Å². The quantitative estimate of drug-likeness (QED) is 0.0595. The number of hydrogen-bond donors (Lipinski definition) is 10. The SMILES string of the molecule is CSCC[C@H](NC(=O)[C@@H](N)CC(C)C)C(=O)N[C@@H](Cc1ccc(O)cc1)C(=O)N[C@H](C(=O)N[C@@H](CC(C)C)C(=O)N[C@@H](CCCCN)C(=O)O)[C@@H](C)O. The van der Waals surface area contributed by atoms with Gasteiger partial charge in [0, 0.05) is 6.42 Å². The average Bonchev–Trinajstić information content (AvgIpc) is 3.07. The number of carboxylic acids is 1.